The third kappa shape index (κ3) is 3.44. The first-order chi connectivity index (χ1) is 13.1. The van der Waals surface area contributed by atoms with E-state index in [-0.39, 0.29) is 11.7 Å². The van der Waals surface area contributed by atoms with E-state index >= 15 is 0 Å². The molecular weight excluding hydrogens is 338 g/mol. The molecule has 4 rings (SSSR count). The minimum absolute atomic E-state index is 0.00778. The van der Waals surface area contributed by atoms with E-state index in [9.17, 15) is 9.59 Å². The summed E-state index contributed by atoms with van der Waals surface area (Å²) in [5.41, 5.74) is 4.80. The number of ketones is 1. The van der Waals surface area contributed by atoms with E-state index < -0.39 is 0 Å². The zero-order valence-corrected chi connectivity index (χ0v) is 15.0. The van der Waals surface area contributed by atoms with Crippen LogP contribution in [-0.2, 0) is 6.42 Å². The predicted molar refractivity (Wildman–Crippen MR) is 106 cm³/mol. The summed E-state index contributed by atoms with van der Waals surface area (Å²) in [5, 5.41) is 3.22. The van der Waals surface area contributed by atoms with Crippen molar-refractivity contribution in [3.05, 3.63) is 83.7 Å². The SMILES string of the molecule is CC(=O)c1cccc(Nc2cncc(C(=O)N3CCc4ccccc43)c2)c1. The zero-order valence-electron chi connectivity index (χ0n) is 15.0. The highest BCUT2D eigenvalue weighted by molar-refractivity contribution is 6.07. The third-order valence-corrected chi connectivity index (χ3v) is 4.68. The lowest BCUT2D eigenvalue weighted by Crippen LogP contribution is -2.29. The Kier molecular flexibility index (Phi) is 4.42. The Balaban J connectivity index is 1.57. The first kappa shape index (κ1) is 17.0. The van der Waals surface area contributed by atoms with Gasteiger partial charge in [0.25, 0.3) is 5.91 Å². The molecule has 0 fully saturated rings. The van der Waals surface area contributed by atoms with Crippen molar-refractivity contribution in [1.29, 1.82) is 0 Å². The van der Waals surface area contributed by atoms with E-state index in [2.05, 4.69) is 16.4 Å². The van der Waals surface area contributed by atoms with Gasteiger partial charge in [0.1, 0.15) is 0 Å². The Bertz CT molecular complexity index is 1030. The molecule has 5 heteroatoms. The molecular formula is C22H19N3O2. The number of carbonyl (C=O) groups excluding carboxylic acids is 2. The molecule has 0 unspecified atom stereocenters. The number of nitrogens with zero attached hydrogens (tertiary/aromatic N) is 2. The van der Waals surface area contributed by atoms with Crippen LogP contribution in [0.5, 0.6) is 0 Å². The minimum Gasteiger partial charge on any atom is -0.354 e. The Morgan fingerprint density at radius 2 is 1.78 bits per heavy atom. The van der Waals surface area contributed by atoms with Crippen LogP contribution in [0, 0.1) is 0 Å². The van der Waals surface area contributed by atoms with Gasteiger partial charge in [0.15, 0.2) is 5.78 Å². The van der Waals surface area contributed by atoms with E-state index in [0.29, 0.717) is 23.4 Å². The van der Waals surface area contributed by atoms with Gasteiger partial charge in [-0.15, -0.1) is 0 Å². The monoisotopic (exact) mass is 357 g/mol. The second-order valence-electron chi connectivity index (χ2n) is 6.56. The zero-order chi connectivity index (χ0) is 18.8. The lowest BCUT2D eigenvalue weighted by Gasteiger charge is -2.17. The summed E-state index contributed by atoms with van der Waals surface area (Å²) in [6.07, 6.45) is 4.11. The maximum absolute atomic E-state index is 13.0. The second-order valence-corrected chi connectivity index (χ2v) is 6.56. The van der Waals surface area contributed by atoms with Gasteiger partial charge >= 0.3 is 0 Å². The molecule has 1 aliphatic rings. The molecule has 0 saturated heterocycles. The van der Waals surface area contributed by atoms with Crippen molar-refractivity contribution in [2.75, 3.05) is 16.8 Å². The number of amides is 1. The molecule has 3 aromatic rings. The molecule has 1 N–H and O–H groups in total. The van der Waals surface area contributed by atoms with Gasteiger partial charge in [-0.05, 0) is 43.2 Å². The highest BCUT2D eigenvalue weighted by Gasteiger charge is 2.25. The maximum Gasteiger partial charge on any atom is 0.259 e. The molecule has 0 radical (unpaired) electrons. The van der Waals surface area contributed by atoms with Crippen molar-refractivity contribution in [2.45, 2.75) is 13.3 Å². The number of pyridine rings is 1. The lowest BCUT2D eigenvalue weighted by molar-refractivity contribution is 0.0986. The highest BCUT2D eigenvalue weighted by Crippen LogP contribution is 2.29. The summed E-state index contributed by atoms with van der Waals surface area (Å²) >= 11 is 0. The van der Waals surface area contributed by atoms with Gasteiger partial charge in [-0.1, -0.05) is 30.3 Å². The van der Waals surface area contributed by atoms with Crippen molar-refractivity contribution in [2.24, 2.45) is 0 Å². The number of nitrogens with one attached hydrogen (secondary N) is 1. The van der Waals surface area contributed by atoms with Crippen LogP contribution in [0.1, 0.15) is 33.2 Å². The molecule has 0 atom stereocenters. The van der Waals surface area contributed by atoms with E-state index in [1.165, 1.54) is 12.5 Å². The van der Waals surface area contributed by atoms with E-state index in [4.69, 9.17) is 0 Å². The number of anilines is 3. The van der Waals surface area contributed by atoms with Crippen LogP contribution in [0.2, 0.25) is 0 Å². The largest absolute Gasteiger partial charge is 0.354 e. The van der Waals surface area contributed by atoms with E-state index in [0.717, 1.165) is 17.8 Å². The minimum atomic E-state index is -0.0615. The summed E-state index contributed by atoms with van der Waals surface area (Å²) in [6, 6.07) is 17.0. The topological polar surface area (TPSA) is 62.3 Å². The molecule has 27 heavy (non-hydrogen) atoms. The third-order valence-electron chi connectivity index (χ3n) is 4.68. The molecule has 0 bridgehead atoms. The number of para-hydroxylation sites is 1. The van der Waals surface area contributed by atoms with Gasteiger partial charge in [-0.3, -0.25) is 14.6 Å². The number of hydrogen-bond acceptors (Lipinski definition) is 4. The Hall–Kier alpha value is -3.47. The molecule has 0 aliphatic carbocycles. The second kappa shape index (κ2) is 7.03. The Labute approximate surface area is 157 Å². The summed E-state index contributed by atoms with van der Waals surface area (Å²) in [5.74, 6) is -0.0537. The summed E-state index contributed by atoms with van der Waals surface area (Å²) in [6.45, 7) is 2.21. The van der Waals surface area contributed by atoms with Crippen molar-refractivity contribution in [3.8, 4) is 0 Å². The van der Waals surface area contributed by atoms with Crippen molar-refractivity contribution < 1.29 is 9.59 Å². The van der Waals surface area contributed by atoms with Gasteiger partial charge in [-0.25, -0.2) is 0 Å². The van der Waals surface area contributed by atoms with Crippen LogP contribution in [0.4, 0.5) is 17.1 Å². The number of rotatable bonds is 4. The Morgan fingerprint density at radius 1 is 0.963 bits per heavy atom. The van der Waals surface area contributed by atoms with Gasteiger partial charge in [-0.2, -0.15) is 0 Å². The number of fused-ring (bicyclic) bond motifs is 1. The predicted octanol–water partition coefficient (Wildman–Crippen LogP) is 4.23. The van der Waals surface area contributed by atoms with Gasteiger partial charge < -0.3 is 10.2 Å². The number of carbonyl (C=O) groups is 2. The fraction of sp³-hybridized carbons (Fsp3) is 0.136. The van der Waals surface area contributed by atoms with Crippen molar-refractivity contribution >= 4 is 28.8 Å². The molecule has 0 spiro atoms. The highest BCUT2D eigenvalue weighted by atomic mass is 16.2. The lowest BCUT2D eigenvalue weighted by atomic mass is 10.1. The maximum atomic E-state index is 13.0. The average molecular weight is 357 g/mol. The number of aromatic nitrogens is 1. The molecule has 2 aromatic carbocycles. The first-order valence-electron chi connectivity index (χ1n) is 8.85. The van der Waals surface area contributed by atoms with Gasteiger partial charge in [0.05, 0.1) is 17.4 Å². The van der Waals surface area contributed by atoms with Gasteiger partial charge in [0, 0.05) is 29.7 Å². The molecule has 0 saturated carbocycles. The van der Waals surface area contributed by atoms with Crippen LogP contribution < -0.4 is 10.2 Å². The molecule has 2 heterocycles. The molecule has 1 aromatic heterocycles. The quantitative estimate of drug-likeness (QED) is 0.710. The summed E-state index contributed by atoms with van der Waals surface area (Å²) in [4.78, 5) is 30.5. The fourth-order valence-electron chi connectivity index (χ4n) is 3.31. The number of Topliss-reactive ketones (excluding diaryl/α,β-unsaturated/α-hetero) is 1. The van der Waals surface area contributed by atoms with Crippen LogP contribution in [-0.4, -0.2) is 23.2 Å². The molecule has 1 amide bonds. The van der Waals surface area contributed by atoms with Crippen molar-refractivity contribution in [1.82, 2.24) is 4.98 Å². The number of hydrogen-bond donors (Lipinski definition) is 1. The standard InChI is InChI=1S/C22H19N3O2/c1-15(26)17-6-4-7-19(11-17)24-20-12-18(13-23-14-20)22(27)25-10-9-16-5-2-3-8-21(16)25/h2-8,11-14,24H,9-10H2,1H3. The molecule has 5 nitrogen and oxygen atoms in total. The Morgan fingerprint density at radius 3 is 2.63 bits per heavy atom. The average Bonchev–Trinajstić information content (AvgIpc) is 3.12. The summed E-state index contributed by atoms with van der Waals surface area (Å²) < 4.78 is 0. The van der Waals surface area contributed by atoms with E-state index in [1.54, 1.807) is 35.5 Å². The van der Waals surface area contributed by atoms with Crippen LogP contribution in [0.25, 0.3) is 0 Å². The first-order valence-corrected chi connectivity index (χ1v) is 8.85. The van der Waals surface area contributed by atoms with E-state index in [1.807, 2.05) is 30.3 Å². The van der Waals surface area contributed by atoms with Crippen LogP contribution >= 0.6 is 0 Å². The molecule has 1 aliphatic heterocycles. The van der Waals surface area contributed by atoms with Crippen molar-refractivity contribution in [3.63, 3.8) is 0 Å². The van der Waals surface area contributed by atoms with Gasteiger partial charge in [0.2, 0.25) is 0 Å². The molecule has 134 valence electrons. The van der Waals surface area contributed by atoms with Crippen LogP contribution in [0.3, 0.4) is 0 Å². The summed E-state index contributed by atoms with van der Waals surface area (Å²) in [7, 11) is 0. The van der Waals surface area contributed by atoms with Crippen LogP contribution in [0.15, 0.2) is 67.0 Å². The fourth-order valence-corrected chi connectivity index (χ4v) is 3.31. The number of benzene rings is 2. The normalized spacial score (nSPS) is 12.6. The smallest absolute Gasteiger partial charge is 0.259 e.